The highest BCUT2D eigenvalue weighted by atomic mass is 16.6. The van der Waals surface area contributed by atoms with Crippen molar-refractivity contribution in [2.24, 2.45) is 0 Å². The second-order valence-corrected chi connectivity index (χ2v) is 4.00. The molecule has 0 fully saturated rings. The Kier molecular flexibility index (Phi) is 17.6. The summed E-state index contributed by atoms with van der Waals surface area (Å²) in [6, 6.07) is 0. The monoisotopic (exact) mass is 278 g/mol. The Labute approximate surface area is 117 Å². The average molecular weight is 278 g/mol. The van der Waals surface area contributed by atoms with Crippen LogP contribution in [0.25, 0.3) is 0 Å². The van der Waals surface area contributed by atoms with Crippen molar-refractivity contribution in [1.29, 1.82) is 0 Å². The molecule has 5 heteroatoms. The maximum Gasteiger partial charge on any atom is 0.0701 e. The fourth-order valence-electron chi connectivity index (χ4n) is 1.27. The lowest BCUT2D eigenvalue weighted by atomic mass is 10.4. The molecule has 0 aromatic heterocycles. The molecule has 0 N–H and O–H groups in total. The molecule has 0 bridgehead atoms. The lowest BCUT2D eigenvalue weighted by molar-refractivity contribution is -0.0103. The smallest absolute Gasteiger partial charge is 0.0701 e. The van der Waals surface area contributed by atoms with Gasteiger partial charge in [0.25, 0.3) is 0 Å². The Morgan fingerprint density at radius 2 is 0.842 bits per heavy atom. The van der Waals surface area contributed by atoms with E-state index in [4.69, 9.17) is 23.7 Å². The third kappa shape index (κ3) is 17.8. The number of hydrogen-bond acceptors (Lipinski definition) is 5. The van der Waals surface area contributed by atoms with Gasteiger partial charge in [-0.05, 0) is 13.3 Å². The quantitative estimate of drug-likeness (QED) is 0.403. The highest BCUT2D eigenvalue weighted by molar-refractivity contribution is 4.36. The van der Waals surface area contributed by atoms with Gasteiger partial charge in [0.1, 0.15) is 0 Å². The van der Waals surface area contributed by atoms with Crippen LogP contribution in [-0.4, -0.2) is 66.1 Å². The first-order valence-corrected chi connectivity index (χ1v) is 7.30. The molecule has 0 aliphatic rings. The van der Waals surface area contributed by atoms with Crippen molar-refractivity contribution < 1.29 is 23.7 Å². The molecule has 0 unspecified atom stereocenters. The van der Waals surface area contributed by atoms with Crippen molar-refractivity contribution in [2.75, 3.05) is 66.1 Å². The van der Waals surface area contributed by atoms with Crippen LogP contribution in [0, 0.1) is 0 Å². The largest absolute Gasteiger partial charge is 0.379 e. The molecule has 0 aromatic rings. The van der Waals surface area contributed by atoms with Gasteiger partial charge < -0.3 is 23.7 Å². The van der Waals surface area contributed by atoms with E-state index < -0.39 is 0 Å². The van der Waals surface area contributed by atoms with Crippen LogP contribution in [0.5, 0.6) is 0 Å². The van der Waals surface area contributed by atoms with E-state index in [0.29, 0.717) is 52.9 Å². The maximum atomic E-state index is 5.37. The minimum atomic E-state index is 0.600. The zero-order chi connectivity index (χ0) is 14.0. The topological polar surface area (TPSA) is 46.2 Å². The normalized spacial score (nSPS) is 11.1. The molecule has 0 amide bonds. The van der Waals surface area contributed by atoms with Gasteiger partial charge in [-0.15, -0.1) is 0 Å². The Balaban J connectivity index is 2.88. The molecular formula is C14H30O5. The zero-order valence-corrected chi connectivity index (χ0v) is 12.5. The summed E-state index contributed by atoms with van der Waals surface area (Å²) in [4.78, 5) is 0. The summed E-state index contributed by atoms with van der Waals surface area (Å²) in [5, 5.41) is 0. The van der Waals surface area contributed by atoms with Gasteiger partial charge in [-0.3, -0.25) is 0 Å². The van der Waals surface area contributed by atoms with E-state index in [1.807, 2.05) is 6.92 Å². The fourth-order valence-corrected chi connectivity index (χ4v) is 1.27. The van der Waals surface area contributed by atoms with Gasteiger partial charge in [-0.2, -0.15) is 0 Å². The molecule has 0 aromatic carbocycles. The molecule has 0 aliphatic carbocycles. The van der Waals surface area contributed by atoms with Crippen molar-refractivity contribution >= 4 is 0 Å². The van der Waals surface area contributed by atoms with Crippen LogP contribution in [0.2, 0.25) is 0 Å². The minimum Gasteiger partial charge on any atom is -0.379 e. The van der Waals surface area contributed by atoms with Crippen molar-refractivity contribution in [3.8, 4) is 0 Å². The van der Waals surface area contributed by atoms with Crippen LogP contribution >= 0.6 is 0 Å². The van der Waals surface area contributed by atoms with Crippen LogP contribution in [-0.2, 0) is 23.7 Å². The first kappa shape index (κ1) is 18.8. The molecule has 5 nitrogen and oxygen atoms in total. The maximum absolute atomic E-state index is 5.37. The molecule has 116 valence electrons. The van der Waals surface area contributed by atoms with Crippen LogP contribution in [0.1, 0.15) is 26.7 Å². The van der Waals surface area contributed by atoms with Gasteiger partial charge in [0, 0.05) is 13.2 Å². The molecule has 0 radical (unpaired) electrons. The highest BCUT2D eigenvalue weighted by Gasteiger charge is 1.92. The van der Waals surface area contributed by atoms with Crippen molar-refractivity contribution in [2.45, 2.75) is 26.7 Å². The molecule has 19 heavy (non-hydrogen) atoms. The first-order valence-electron chi connectivity index (χ1n) is 7.30. The van der Waals surface area contributed by atoms with Crippen LogP contribution in [0.4, 0.5) is 0 Å². The van der Waals surface area contributed by atoms with Crippen molar-refractivity contribution in [1.82, 2.24) is 0 Å². The van der Waals surface area contributed by atoms with Gasteiger partial charge in [-0.1, -0.05) is 13.3 Å². The van der Waals surface area contributed by atoms with E-state index >= 15 is 0 Å². The summed E-state index contributed by atoms with van der Waals surface area (Å²) < 4.78 is 26.5. The molecule has 0 aliphatic heterocycles. The first-order chi connectivity index (χ1) is 9.41. The summed E-state index contributed by atoms with van der Waals surface area (Å²) in [7, 11) is 0. The SMILES string of the molecule is CCCCOCCOCCOCCOCCOCC. The van der Waals surface area contributed by atoms with E-state index in [-0.39, 0.29) is 0 Å². The van der Waals surface area contributed by atoms with Crippen LogP contribution in [0.3, 0.4) is 0 Å². The van der Waals surface area contributed by atoms with Gasteiger partial charge in [-0.25, -0.2) is 0 Å². The molecule has 0 heterocycles. The van der Waals surface area contributed by atoms with E-state index in [1.165, 1.54) is 6.42 Å². The molecule has 0 saturated carbocycles. The second kappa shape index (κ2) is 17.8. The standard InChI is InChI=1S/C14H30O5/c1-3-5-6-16-9-10-18-13-14-19-12-11-17-8-7-15-4-2/h3-14H2,1-2H3. The molecule has 0 saturated heterocycles. The number of hydrogen-bond donors (Lipinski definition) is 0. The molecule has 0 spiro atoms. The van der Waals surface area contributed by atoms with Gasteiger partial charge >= 0.3 is 0 Å². The molecule has 0 atom stereocenters. The second-order valence-electron chi connectivity index (χ2n) is 4.00. The van der Waals surface area contributed by atoms with Crippen molar-refractivity contribution in [3.05, 3.63) is 0 Å². The summed E-state index contributed by atoms with van der Waals surface area (Å²) in [5.41, 5.74) is 0. The van der Waals surface area contributed by atoms with Crippen LogP contribution < -0.4 is 0 Å². The summed E-state index contributed by atoms with van der Waals surface area (Å²) in [6.07, 6.45) is 2.29. The predicted molar refractivity (Wildman–Crippen MR) is 74.7 cm³/mol. The predicted octanol–water partition coefficient (Wildman–Crippen LogP) is 1.89. The molecule has 0 rings (SSSR count). The summed E-state index contributed by atoms with van der Waals surface area (Å²) >= 11 is 0. The number of unbranched alkanes of at least 4 members (excludes halogenated alkanes) is 1. The van der Waals surface area contributed by atoms with Gasteiger partial charge in [0.05, 0.1) is 52.9 Å². The average Bonchev–Trinajstić information content (AvgIpc) is 2.43. The zero-order valence-electron chi connectivity index (χ0n) is 12.5. The van der Waals surface area contributed by atoms with E-state index in [9.17, 15) is 0 Å². The number of rotatable bonds is 16. The summed E-state index contributed by atoms with van der Waals surface area (Å²) in [6.45, 7) is 10.7. The Hall–Kier alpha value is -0.200. The third-order valence-corrected chi connectivity index (χ3v) is 2.33. The van der Waals surface area contributed by atoms with Gasteiger partial charge in [0.15, 0.2) is 0 Å². The lowest BCUT2D eigenvalue weighted by Gasteiger charge is -2.07. The molecular weight excluding hydrogens is 248 g/mol. The van der Waals surface area contributed by atoms with Gasteiger partial charge in [0.2, 0.25) is 0 Å². The Morgan fingerprint density at radius 1 is 0.474 bits per heavy atom. The Morgan fingerprint density at radius 3 is 1.21 bits per heavy atom. The number of ether oxygens (including phenoxy) is 5. The van der Waals surface area contributed by atoms with Crippen LogP contribution in [0.15, 0.2) is 0 Å². The van der Waals surface area contributed by atoms with E-state index in [0.717, 1.165) is 19.6 Å². The summed E-state index contributed by atoms with van der Waals surface area (Å²) in [5.74, 6) is 0. The fraction of sp³-hybridized carbons (Fsp3) is 1.00. The lowest BCUT2D eigenvalue weighted by Crippen LogP contribution is -2.13. The minimum absolute atomic E-state index is 0.600. The Bertz CT molecular complexity index is 139. The van der Waals surface area contributed by atoms with E-state index in [1.54, 1.807) is 0 Å². The van der Waals surface area contributed by atoms with Crippen molar-refractivity contribution in [3.63, 3.8) is 0 Å². The van der Waals surface area contributed by atoms with E-state index in [2.05, 4.69) is 6.92 Å². The highest BCUT2D eigenvalue weighted by Crippen LogP contribution is 1.88. The third-order valence-electron chi connectivity index (χ3n) is 2.33.